The third-order valence-corrected chi connectivity index (χ3v) is 6.55. The summed E-state index contributed by atoms with van der Waals surface area (Å²) < 4.78 is 5.01. The average molecular weight is 445 g/mol. The zero-order chi connectivity index (χ0) is 22.8. The van der Waals surface area contributed by atoms with Crippen LogP contribution in [0.3, 0.4) is 0 Å². The second-order valence-electron chi connectivity index (χ2n) is 9.10. The Balaban J connectivity index is 0.000000193. The van der Waals surface area contributed by atoms with Gasteiger partial charge in [-0.05, 0) is 31.2 Å². The Hall–Kier alpha value is -2.41. The number of nitrogens with zero attached hydrogens (tertiary/aromatic N) is 1. The highest BCUT2D eigenvalue weighted by Gasteiger charge is 2.39. The largest absolute Gasteiger partial charge is 0.480 e. The van der Waals surface area contributed by atoms with Crippen LogP contribution in [-0.2, 0) is 20.9 Å². The molecule has 7 nitrogen and oxygen atoms in total. The lowest BCUT2D eigenvalue weighted by atomic mass is 9.91. The Morgan fingerprint density at radius 2 is 1.50 bits per heavy atom. The molecule has 2 aliphatic carbocycles. The number of ketones is 1. The lowest BCUT2D eigenvalue weighted by Crippen LogP contribution is -2.40. The van der Waals surface area contributed by atoms with Crippen molar-refractivity contribution < 1.29 is 24.2 Å². The first kappa shape index (κ1) is 24.2. The molecule has 1 heterocycles. The van der Waals surface area contributed by atoms with E-state index in [1.165, 1.54) is 64.2 Å². The zero-order valence-electron chi connectivity index (χ0n) is 18.8. The Morgan fingerprint density at radius 1 is 0.938 bits per heavy atom. The van der Waals surface area contributed by atoms with Gasteiger partial charge in [-0.25, -0.2) is 9.59 Å². The van der Waals surface area contributed by atoms with E-state index in [1.54, 1.807) is 12.1 Å². The van der Waals surface area contributed by atoms with E-state index < -0.39 is 18.1 Å². The number of likely N-dealkylation sites (tertiary alicyclic amines) is 1. The molecule has 2 N–H and O–H groups in total. The van der Waals surface area contributed by atoms with Gasteiger partial charge in [0.05, 0.1) is 6.54 Å². The summed E-state index contributed by atoms with van der Waals surface area (Å²) in [5, 5.41) is 12.8. The number of nitrogens with one attached hydrogen (secondary N) is 1. The van der Waals surface area contributed by atoms with Gasteiger partial charge in [0.25, 0.3) is 0 Å². The van der Waals surface area contributed by atoms with Gasteiger partial charge in [0.15, 0.2) is 5.78 Å². The highest BCUT2D eigenvalue weighted by molar-refractivity contribution is 5.95. The maximum absolute atomic E-state index is 11.8. The van der Waals surface area contributed by atoms with Crippen molar-refractivity contribution in [2.24, 2.45) is 0 Å². The molecule has 1 amide bonds. The van der Waals surface area contributed by atoms with Crippen molar-refractivity contribution >= 4 is 17.8 Å². The van der Waals surface area contributed by atoms with Crippen LogP contribution >= 0.6 is 0 Å². The predicted octanol–water partition coefficient (Wildman–Crippen LogP) is 4.29. The Bertz CT molecular complexity index is 726. The number of Topliss-reactive ketones (excluding diaryl/α,β-unsaturated/α-hetero) is 1. The highest BCUT2D eigenvalue weighted by Crippen LogP contribution is 2.22. The molecular formula is C25H36N2O5. The van der Waals surface area contributed by atoms with E-state index in [0.29, 0.717) is 0 Å². The van der Waals surface area contributed by atoms with Gasteiger partial charge in [0.1, 0.15) is 12.6 Å². The minimum absolute atomic E-state index is 0.0523. The van der Waals surface area contributed by atoms with Gasteiger partial charge in [-0.1, -0.05) is 68.9 Å². The van der Waals surface area contributed by atoms with E-state index in [9.17, 15) is 14.4 Å². The fourth-order valence-corrected chi connectivity index (χ4v) is 4.78. The number of benzene rings is 1. The maximum Gasteiger partial charge on any atom is 0.411 e. The van der Waals surface area contributed by atoms with E-state index in [-0.39, 0.29) is 25.4 Å². The van der Waals surface area contributed by atoms with Crippen molar-refractivity contribution in [3.8, 4) is 0 Å². The number of ether oxygens (including phenoxy) is 1. The lowest BCUT2D eigenvalue weighted by molar-refractivity contribution is -0.142. The quantitative estimate of drug-likeness (QED) is 0.703. The molecule has 0 radical (unpaired) electrons. The number of hydrogen-bond donors (Lipinski definition) is 2. The molecule has 0 spiro atoms. The molecule has 1 saturated heterocycles. The van der Waals surface area contributed by atoms with Crippen molar-refractivity contribution in [3.63, 3.8) is 0 Å². The molecule has 1 aromatic rings. The van der Waals surface area contributed by atoms with Gasteiger partial charge in [0.2, 0.25) is 0 Å². The molecule has 2 saturated carbocycles. The van der Waals surface area contributed by atoms with Crippen molar-refractivity contribution in [1.29, 1.82) is 0 Å². The van der Waals surface area contributed by atoms with Crippen LogP contribution in [0.2, 0.25) is 0 Å². The first-order chi connectivity index (χ1) is 15.5. The summed E-state index contributed by atoms with van der Waals surface area (Å²) in [4.78, 5) is 34.9. The normalized spacial score (nSPS) is 22.2. The minimum atomic E-state index is -1.19. The van der Waals surface area contributed by atoms with E-state index in [4.69, 9.17) is 9.84 Å². The van der Waals surface area contributed by atoms with Crippen LogP contribution < -0.4 is 5.32 Å². The lowest BCUT2D eigenvalue weighted by Gasteiger charge is -2.30. The van der Waals surface area contributed by atoms with Gasteiger partial charge in [-0.2, -0.15) is 0 Å². The Kier molecular flexibility index (Phi) is 9.53. The third-order valence-electron chi connectivity index (χ3n) is 6.55. The summed E-state index contributed by atoms with van der Waals surface area (Å²) in [6.07, 6.45) is 13.6. The first-order valence-electron chi connectivity index (χ1n) is 12.0. The zero-order valence-corrected chi connectivity index (χ0v) is 18.8. The molecule has 3 aliphatic rings. The van der Waals surface area contributed by atoms with Crippen LogP contribution in [0.15, 0.2) is 30.3 Å². The number of carbonyl (C=O) groups excluding carboxylic acids is 2. The molecule has 1 aliphatic heterocycles. The molecule has 3 fully saturated rings. The molecule has 1 aromatic carbocycles. The van der Waals surface area contributed by atoms with Gasteiger partial charge in [0, 0.05) is 18.5 Å². The van der Waals surface area contributed by atoms with E-state index in [1.807, 2.05) is 18.2 Å². The molecule has 4 rings (SSSR count). The maximum atomic E-state index is 11.8. The molecule has 176 valence electrons. The fraction of sp³-hybridized carbons (Fsp3) is 0.640. The number of carboxylic acid groups (broad SMARTS) is 1. The molecule has 1 unspecified atom stereocenters. The van der Waals surface area contributed by atoms with Gasteiger partial charge in [-0.3, -0.25) is 9.69 Å². The Morgan fingerprint density at radius 3 is 2.03 bits per heavy atom. The molecule has 0 aromatic heterocycles. The van der Waals surface area contributed by atoms with Crippen LogP contribution in [0.5, 0.6) is 0 Å². The minimum Gasteiger partial charge on any atom is -0.480 e. The molecule has 32 heavy (non-hydrogen) atoms. The van der Waals surface area contributed by atoms with Crippen LogP contribution in [0, 0.1) is 0 Å². The number of amides is 1. The topological polar surface area (TPSA) is 95.9 Å². The average Bonchev–Trinajstić information content (AvgIpc) is 3.22. The summed E-state index contributed by atoms with van der Waals surface area (Å²) in [7, 11) is 0. The highest BCUT2D eigenvalue weighted by atomic mass is 16.6. The van der Waals surface area contributed by atoms with Crippen molar-refractivity contribution in [3.05, 3.63) is 35.9 Å². The number of hydrogen-bond acceptors (Lipinski definition) is 5. The van der Waals surface area contributed by atoms with Crippen molar-refractivity contribution in [2.45, 2.75) is 95.4 Å². The number of rotatable bonds is 5. The second kappa shape index (κ2) is 12.6. The van der Waals surface area contributed by atoms with Crippen LogP contribution in [0.4, 0.5) is 4.79 Å². The van der Waals surface area contributed by atoms with E-state index in [2.05, 4.69) is 5.32 Å². The van der Waals surface area contributed by atoms with E-state index >= 15 is 0 Å². The second-order valence-corrected chi connectivity index (χ2v) is 9.10. The van der Waals surface area contributed by atoms with Crippen molar-refractivity contribution in [2.75, 3.05) is 6.54 Å². The number of carbonyl (C=O) groups is 3. The SMILES string of the molecule is C1CCC(NC2CCCCC2)CC1.O=C1CC(C(=O)O)N(C(=O)OCc2ccccc2)C1. The molecule has 1 atom stereocenters. The van der Waals surface area contributed by atoms with Gasteiger partial charge >= 0.3 is 12.1 Å². The van der Waals surface area contributed by atoms with Crippen molar-refractivity contribution in [1.82, 2.24) is 10.2 Å². The fourth-order valence-electron chi connectivity index (χ4n) is 4.78. The van der Waals surface area contributed by atoms with Gasteiger partial charge < -0.3 is 15.2 Å². The van der Waals surface area contributed by atoms with Crippen LogP contribution in [0.1, 0.15) is 76.2 Å². The third kappa shape index (κ3) is 7.62. The Labute approximate surface area is 190 Å². The monoisotopic (exact) mass is 444 g/mol. The summed E-state index contributed by atoms with van der Waals surface area (Å²) >= 11 is 0. The molecule has 0 bridgehead atoms. The van der Waals surface area contributed by atoms with E-state index in [0.717, 1.165) is 22.5 Å². The molecule has 7 heteroatoms. The van der Waals surface area contributed by atoms with Crippen LogP contribution in [-0.4, -0.2) is 52.5 Å². The predicted molar refractivity (Wildman–Crippen MR) is 121 cm³/mol. The van der Waals surface area contributed by atoms with Crippen LogP contribution in [0.25, 0.3) is 0 Å². The smallest absolute Gasteiger partial charge is 0.411 e. The standard InChI is InChI=1S/C13H13NO5.C12H23N/c15-10-6-11(12(16)17)14(7-10)13(18)19-8-9-4-2-1-3-5-9;1-3-7-11(8-4-1)13-12-9-5-2-6-10-12/h1-5,11H,6-8H2,(H,16,17);11-13H,1-10H2. The summed E-state index contributed by atoms with van der Waals surface area (Å²) in [5.74, 6) is -1.47. The summed E-state index contributed by atoms with van der Waals surface area (Å²) in [6, 6.07) is 9.66. The van der Waals surface area contributed by atoms with Gasteiger partial charge in [-0.15, -0.1) is 0 Å². The first-order valence-corrected chi connectivity index (χ1v) is 12.0. The summed E-state index contributed by atoms with van der Waals surface area (Å²) in [5.41, 5.74) is 0.799. The number of aliphatic carboxylic acids is 1. The number of carboxylic acids is 1. The molecular weight excluding hydrogens is 408 g/mol. The summed E-state index contributed by atoms with van der Waals surface area (Å²) in [6.45, 7) is -0.151.